The lowest BCUT2D eigenvalue weighted by molar-refractivity contribution is 0.378. The summed E-state index contributed by atoms with van der Waals surface area (Å²) in [5, 5.41) is 0. The molecule has 0 bridgehead atoms. The molecule has 0 aromatic rings. The fourth-order valence-electron chi connectivity index (χ4n) is 0.986. The maximum Gasteiger partial charge on any atom is 0.0250 e. The van der Waals surface area contributed by atoms with Crippen molar-refractivity contribution in [1.29, 1.82) is 0 Å². The van der Waals surface area contributed by atoms with E-state index in [4.69, 9.17) is 11.5 Å². The van der Waals surface area contributed by atoms with Gasteiger partial charge >= 0.3 is 0 Å². The van der Waals surface area contributed by atoms with E-state index in [0.29, 0.717) is 0 Å². The van der Waals surface area contributed by atoms with Crippen LogP contribution in [0.5, 0.6) is 0 Å². The molecule has 0 aliphatic heterocycles. The largest absolute Gasteiger partial charge is 0.326 e. The SMILES string of the molecule is CCCCCC(N)C(C)(C)N. The molecule has 0 saturated heterocycles. The second-order valence-electron chi connectivity index (χ2n) is 3.92. The van der Waals surface area contributed by atoms with E-state index >= 15 is 0 Å². The highest BCUT2D eigenvalue weighted by Crippen LogP contribution is 2.10. The average Bonchev–Trinajstić information content (AvgIpc) is 1.86. The van der Waals surface area contributed by atoms with Gasteiger partial charge in [0, 0.05) is 11.6 Å². The van der Waals surface area contributed by atoms with Crippen molar-refractivity contribution in [2.45, 2.75) is 58.0 Å². The van der Waals surface area contributed by atoms with Crippen LogP contribution in [-0.2, 0) is 0 Å². The maximum absolute atomic E-state index is 5.87. The van der Waals surface area contributed by atoms with Crippen LogP contribution in [0.25, 0.3) is 0 Å². The standard InChI is InChI=1S/C9H22N2/c1-4-5-6-7-8(10)9(2,3)11/h8H,4-7,10-11H2,1-3H3. The summed E-state index contributed by atoms with van der Waals surface area (Å²) >= 11 is 0. The van der Waals surface area contributed by atoms with Crippen LogP contribution in [0.4, 0.5) is 0 Å². The summed E-state index contributed by atoms with van der Waals surface area (Å²) in [4.78, 5) is 0. The van der Waals surface area contributed by atoms with Crippen LogP contribution in [0.2, 0.25) is 0 Å². The Labute approximate surface area is 70.3 Å². The van der Waals surface area contributed by atoms with Gasteiger partial charge in [0.25, 0.3) is 0 Å². The molecule has 0 rings (SSSR count). The predicted molar refractivity (Wildman–Crippen MR) is 50.4 cm³/mol. The summed E-state index contributed by atoms with van der Waals surface area (Å²) in [5.41, 5.74) is 11.5. The van der Waals surface area contributed by atoms with Crippen LogP contribution in [0, 0.1) is 0 Å². The molecule has 0 aromatic carbocycles. The van der Waals surface area contributed by atoms with Gasteiger partial charge < -0.3 is 11.5 Å². The van der Waals surface area contributed by atoms with Crippen molar-refractivity contribution < 1.29 is 0 Å². The van der Waals surface area contributed by atoms with Crippen LogP contribution >= 0.6 is 0 Å². The highest BCUT2D eigenvalue weighted by molar-refractivity contribution is 4.84. The lowest BCUT2D eigenvalue weighted by atomic mass is 9.92. The van der Waals surface area contributed by atoms with Crippen molar-refractivity contribution in [3.05, 3.63) is 0 Å². The molecule has 0 aliphatic carbocycles. The number of hydrogen-bond acceptors (Lipinski definition) is 2. The van der Waals surface area contributed by atoms with Gasteiger partial charge in [0.15, 0.2) is 0 Å². The normalized spacial score (nSPS) is 15.0. The molecule has 4 N–H and O–H groups in total. The molecule has 0 fully saturated rings. The Kier molecular flexibility index (Phi) is 4.69. The molecule has 68 valence electrons. The minimum atomic E-state index is -0.215. The molecule has 0 aromatic heterocycles. The number of hydrogen-bond donors (Lipinski definition) is 2. The number of unbranched alkanes of at least 4 members (excludes halogenated alkanes) is 2. The van der Waals surface area contributed by atoms with E-state index in [0.717, 1.165) is 6.42 Å². The summed E-state index contributed by atoms with van der Waals surface area (Å²) in [6.07, 6.45) is 4.77. The first-order valence-corrected chi connectivity index (χ1v) is 4.53. The zero-order valence-electron chi connectivity index (χ0n) is 8.06. The molecule has 11 heavy (non-hydrogen) atoms. The van der Waals surface area contributed by atoms with Crippen molar-refractivity contribution in [3.63, 3.8) is 0 Å². The highest BCUT2D eigenvalue weighted by atomic mass is 14.8. The van der Waals surface area contributed by atoms with Crippen LogP contribution in [0.3, 0.4) is 0 Å². The van der Waals surface area contributed by atoms with E-state index in [9.17, 15) is 0 Å². The average molecular weight is 158 g/mol. The highest BCUT2D eigenvalue weighted by Gasteiger charge is 2.19. The van der Waals surface area contributed by atoms with E-state index in [1.807, 2.05) is 13.8 Å². The Morgan fingerprint density at radius 3 is 2.18 bits per heavy atom. The van der Waals surface area contributed by atoms with Gasteiger partial charge in [-0.1, -0.05) is 26.2 Å². The van der Waals surface area contributed by atoms with Gasteiger partial charge in [-0.3, -0.25) is 0 Å². The summed E-state index contributed by atoms with van der Waals surface area (Å²) < 4.78 is 0. The van der Waals surface area contributed by atoms with Crippen LogP contribution < -0.4 is 11.5 Å². The lowest BCUT2D eigenvalue weighted by Gasteiger charge is -2.26. The second-order valence-corrected chi connectivity index (χ2v) is 3.92. The van der Waals surface area contributed by atoms with Crippen molar-refractivity contribution in [2.75, 3.05) is 0 Å². The first-order chi connectivity index (χ1) is 4.98. The van der Waals surface area contributed by atoms with Gasteiger partial charge in [-0.25, -0.2) is 0 Å². The molecular formula is C9H22N2. The molecule has 0 aliphatic rings. The third-order valence-electron chi connectivity index (χ3n) is 2.07. The van der Waals surface area contributed by atoms with E-state index in [1.54, 1.807) is 0 Å². The van der Waals surface area contributed by atoms with Gasteiger partial charge in [0.05, 0.1) is 0 Å². The van der Waals surface area contributed by atoms with Crippen LogP contribution in [0.15, 0.2) is 0 Å². The molecule has 0 radical (unpaired) electrons. The Bertz CT molecular complexity index is 94.2. The third-order valence-corrected chi connectivity index (χ3v) is 2.07. The molecular weight excluding hydrogens is 136 g/mol. The molecule has 0 spiro atoms. The van der Waals surface area contributed by atoms with E-state index in [-0.39, 0.29) is 11.6 Å². The molecule has 2 nitrogen and oxygen atoms in total. The van der Waals surface area contributed by atoms with Crippen molar-refractivity contribution >= 4 is 0 Å². The van der Waals surface area contributed by atoms with E-state index in [1.165, 1.54) is 19.3 Å². The molecule has 1 unspecified atom stereocenters. The smallest absolute Gasteiger partial charge is 0.0250 e. The topological polar surface area (TPSA) is 52.0 Å². The van der Waals surface area contributed by atoms with Gasteiger partial charge in [-0.15, -0.1) is 0 Å². The molecule has 2 heteroatoms. The zero-order valence-corrected chi connectivity index (χ0v) is 8.06. The molecule has 0 heterocycles. The lowest BCUT2D eigenvalue weighted by Crippen LogP contribution is -2.50. The van der Waals surface area contributed by atoms with Crippen LogP contribution in [0.1, 0.15) is 46.5 Å². The van der Waals surface area contributed by atoms with Gasteiger partial charge in [-0.05, 0) is 20.3 Å². The molecule has 1 atom stereocenters. The molecule has 0 saturated carbocycles. The van der Waals surface area contributed by atoms with Gasteiger partial charge in [0.1, 0.15) is 0 Å². The van der Waals surface area contributed by atoms with E-state index < -0.39 is 0 Å². The minimum absolute atomic E-state index is 0.147. The van der Waals surface area contributed by atoms with Crippen molar-refractivity contribution in [3.8, 4) is 0 Å². The quantitative estimate of drug-likeness (QED) is 0.597. The minimum Gasteiger partial charge on any atom is -0.326 e. The number of nitrogens with two attached hydrogens (primary N) is 2. The van der Waals surface area contributed by atoms with E-state index in [2.05, 4.69) is 6.92 Å². The summed E-state index contributed by atoms with van der Waals surface area (Å²) in [6, 6.07) is 0.147. The summed E-state index contributed by atoms with van der Waals surface area (Å²) in [7, 11) is 0. The zero-order chi connectivity index (χ0) is 8.91. The first kappa shape index (κ1) is 10.9. The summed E-state index contributed by atoms with van der Waals surface area (Å²) in [6.45, 7) is 6.17. The van der Waals surface area contributed by atoms with Crippen LogP contribution in [-0.4, -0.2) is 11.6 Å². The Morgan fingerprint density at radius 1 is 1.27 bits per heavy atom. The predicted octanol–water partition coefficient (Wildman–Crippen LogP) is 1.63. The second kappa shape index (κ2) is 4.73. The summed E-state index contributed by atoms with van der Waals surface area (Å²) in [5.74, 6) is 0. The monoisotopic (exact) mass is 158 g/mol. The Balaban J connectivity index is 3.44. The Morgan fingerprint density at radius 2 is 1.82 bits per heavy atom. The maximum atomic E-state index is 5.87. The number of rotatable bonds is 5. The fourth-order valence-corrected chi connectivity index (χ4v) is 0.986. The van der Waals surface area contributed by atoms with Gasteiger partial charge in [-0.2, -0.15) is 0 Å². The van der Waals surface area contributed by atoms with Gasteiger partial charge in [0.2, 0.25) is 0 Å². The third kappa shape index (κ3) is 5.22. The van der Waals surface area contributed by atoms with Crippen molar-refractivity contribution in [1.82, 2.24) is 0 Å². The first-order valence-electron chi connectivity index (χ1n) is 4.53. The molecule has 0 amide bonds. The Hall–Kier alpha value is -0.0800. The van der Waals surface area contributed by atoms with Crippen molar-refractivity contribution in [2.24, 2.45) is 11.5 Å². The fraction of sp³-hybridized carbons (Fsp3) is 1.00.